The number of fused-ring (bicyclic) bond motifs is 1. The van der Waals surface area contributed by atoms with Crippen LogP contribution < -0.4 is 10.6 Å². The fourth-order valence-electron chi connectivity index (χ4n) is 3.07. The Labute approximate surface area is 161 Å². The lowest BCUT2D eigenvalue weighted by atomic mass is 10.0. The maximum atomic E-state index is 12.6. The van der Waals surface area contributed by atoms with E-state index in [0.29, 0.717) is 11.3 Å². The third kappa shape index (κ3) is 3.10. The molecule has 0 bridgehead atoms. The maximum Gasteiger partial charge on any atom is 0.258 e. The van der Waals surface area contributed by atoms with Crippen molar-refractivity contribution in [2.24, 2.45) is 0 Å². The Morgan fingerprint density at radius 2 is 2.00 bits per heavy atom. The minimum atomic E-state index is -0.137. The lowest BCUT2D eigenvalue weighted by Gasteiger charge is -2.09. The first kappa shape index (κ1) is 17.4. The number of carbonyl (C=O) groups is 1. The molecule has 3 aromatic heterocycles. The van der Waals surface area contributed by atoms with Crippen LogP contribution in [0, 0.1) is 20.8 Å². The normalized spacial score (nSPS) is 14.7. The van der Waals surface area contributed by atoms with Gasteiger partial charge in [-0.25, -0.2) is 4.98 Å². The van der Waals surface area contributed by atoms with Crippen molar-refractivity contribution in [2.75, 3.05) is 10.6 Å². The number of rotatable bonds is 3. The summed E-state index contributed by atoms with van der Waals surface area (Å²) in [5.74, 6) is -0.137. The van der Waals surface area contributed by atoms with Gasteiger partial charge < -0.3 is 10.6 Å². The highest BCUT2D eigenvalue weighted by Gasteiger charge is 2.28. The Bertz CT molecular complexity index is 1080. The van der Waals surface area contributed by atoms with Crippen LogP contribution in [-0.4, -0.2) is 20.9 Å². The molecule has 0 aliphatic carbocycles. The Balaban J connectivity index is 1.77. The molecule has 0 atom stereocenters. The molecule has 1 amide bonds. The first-order chi connectivity index (χ1) is 12.9. The zero-order valence-corrected chi connectivity index (χ0v) is 16.4. The molecule has 0 saturated heterocycles. The van der Waals surface area contributed by atoms with Crippen molar-refractivity contribution in [2.45, 2.75) is 27.7 Å². The van der Waals surface area contributed by atoms with Crippen molar-refractivity contribution >= 4 is 33.6 Å². The summed E-state index contributed by atoms with van der Waals surface area (Å²) in [5, 5.41) is 6.96. The van der Waals surface area contributed by atoms with Crippen molar-refractivity contribution in [1.82, 2.24) is 15.0 Å². The minimum Gasteiger partial charge on any atom is -0.335 e. The summed E-state index contributed by atoms with van der Waals surface area (Å²) in [5.41, 5.74) is 6.76. The Morgan fingerprint density at radius 1 is 1.19 bits per heavy atom. The highest BCUT2D eigenvalue weighted by atomic mass is 32.1. The number of aryl methyl sites for hydroxylation is 3. The van der Waals surface area contributed by atoms with Crippen LogP contribution in [0.25, 0.3) is 16.8 Å². The van der Waals surface area contributed by atoms with Gasteiger partial charge in [-0.3, -0.25) is 14.8 Å². The van der Waals surface area contributed by atoms with Gasteiger partial charge in [0, 0.05) is 34.1 Å². The number of nitrogens with zero attached hydrogens (tertiary/aromatic N) is 3. The van der Waals surface area contributed by atoms with E-state index in [0.717, 1.165) is 43.8 Å². The molecule has 2 N–H and O–H groups in total. The van der Waals surface area contributed by atoms with Crippen LogP contribution in [-0.2, 0) is 4.79 Å². The van der Waals surface area contributed by atoms with Crippen molar-refractivity contribution in [3.8, 4) is 11.3 Å². The number of nitrogens with one attached hydrogen (secondary N) is 2. The minimum absolute atomic E-state index is 0.137. The summed E-state index contributed by atoms with van der Waals surface area (Å²) in [6.07, 6.45) is 5.26. The summed E-state index contributed by atoms with van der Waals surface area (Å²) >= 11 is 1.58. The first-order valence-corrected chi connectivity index (χ1v) is 9.40. The highest BCUT2D eigenvalue weighted by molar-refractivity contribution is 7.15. The molecule has 6 nitrogen and oxygen atoms in total. The molecular weight excluding hydrogens is 358 g/mol. The second-order valence-electron chi connectivity index (χ2n) is 6.55. The lowest BCUT2D eigenvalue weighted by Crippen LogP contribution is -2.08. The first-order valence-electron chi connectivity index (χ1n) is 8.58. The van der Waals surface area contributed by atoms with Crippen molar-refractivity contribution < 1.29 is 4.79 Å². The molecule has 4 heterocycles. The van der Waals surface area contributed by atoms with Gasteiger partial charge in [0.15, 0.2) is 5.13 Å². The number of amides is 1. The lowest BCUT2D eigenvalue weighted by molar-refractivity contribution is -0.110. The maximum absolute atomic E-state index is 12.6. The summed E-state index contributed by atoms with van der Waals surface area (Å²) in [6.45, 7) is 7.93. The number of thiazole rings is 1. The monoisotopic (exact) mass is 377 g/mol. The SMILES string of the molecule is CC(Nc1nc(C)c(C)s1)=C1C(=O)Nc2cnc(-c3cnccc3C)cc21. The summed E-state index contributed by atoms with van der Waals surface area (Å²) in [7, 11) is 0. The van der Waals surface area contributed by atoms with Crippen molar-refractivity contribution in [1.29, 1.82) is 0 Å². The fraction of sp³-hybridized carbons (Fsp3) is 0.200. The molecule has 1 aliphatic heterocycles. The predicted molar refractivity (Wildman–Crippen MR) is 109 cm³/mol. The van der Waals surface area contributed by atoms with E-state index >= 15 is 0 Å². The molecule has 0 spiro atoms. The summed E-state index contributed by atoms with van der Waals surface area (Å²) in [6, 6.07) is 3.89. The predicted octanol–water partition coefficient (Wildman–Crippen LogP) is 4.32. The number of hydrogen-bond acceptors (Lipinski definition) is 6. The third-order valence-corrected chi connectivity index (χ3v) is 5.65. The van der Waals surface area contributed by atoms with Crippen LogP contribution in [0.15, 0.2) is 36.4 Å². The zero-order chi connectivity index (χ0) is 19.1. The van der Waals surface area contributed by atoms with E-state index in [4.69, 9.17) is 0 Å². The summed E-state index contributed by atoms with van der Waals surface area (Å²) in [4.78, 5) is 26.9. The molecule has 0 radical (unpaired) electrons. The molecule has 4 rings (SSSR count). The van der Waals surface area contributed by atoms with E-state index in [9.17, 15) is 4.79 Å². The Morgan fingerprint density at radius 3 is 2.70 bits per heavy atom. The van der Waals surface area contributed by atoms with Crippen LogP contribution >= 0.6 is 11.3 Å². The van der Waals surface area contributed by atoms with E-state index in [1.165, 1.54) is 0 Å². The second-order valence-corrected chi connectivity index (χ2v) is 7.75. The summed E-state index contributed by atoms with van der Waals surface area (Å²) < 4.78 is 0. The van der Waals surface area contributed by atoms with Gasteiger partial charge in [0.1, 0.15) is 0 Å². The fourth-order valence-corrected chi connectivity index (χ4v) is 3.94. The van der Waals surface area contributed by atoms with Crippen LogP contribution in [0.5, 0.6) is 0 Å². The van der Waals surface area contributed by atoms with E-state index in [1.807, 2.05) is 39.8 Å². The average molecular weight is 377 g/mol. The smallest absolute Gasteiger partial charge is 0.258 e. The van der Waals surface area contributed by atoms with Gasteiger partial charge in [-0.15, -0.1) is 11.3 Å². The van der Waals surface area contributed by atoms with Gasteiger partial charge >= 0.3 is 0 Å². The van der Waals surface area contributed by atoms with E-state index in [2.05, 4.69) is 25.6 Å². The zero-order valence-electron chi connectivity index (χ0n) is 15.5. The molecule has 0 fully saturated rings. The van der Waals surface area contributed by atoms with Crippen molar-refractivity contribution in [3.63, 3.8) is 0 Å². The number of anilines is 2. The van der Waals surface area contributed by atoms with Crippen LogP contribution in [0.1, 0.15) is 28.6 Å². The van der Waals surface area contributed by atoms with E-state index in [1.54, 1.807) is 29.9 Å². The molecule has 27 heavy (non-hydrogen) atoms. The molecule has 1 aliphatic rings. The van der Waals surface area contributed by atoms with E-state index < -0.39 is 0 Å². The van der Waals surface area contributed by atoms with Crippen LogP contribution in [0.3, 0.4) is 0 Å². The number of carbonyl (C=O) groups excluding carboxylic acids is 1. The van der Waals surface area contributed by atoms with Gasteiger partial charge in [-0.1, -0.05) is 0 Å². The molecular formula is C20H19N5OS. The van der Waals surface area contributed by atoms with Crippen LogP contribution in [0.4, 0.5) is 10.8 Å². The second kappa shape index (κ2) is 6.59. The number of allylic oxidation sites excluding steroid dienone is 1. The van der Waals surface area contributed by atoms with Gasteiger partial charge in [-0.2, -0.15) is 0 Å². The van der Waals surface area contributed by atoms with Gasteiger partial charge in [0.25, 0.3) is 5.91 Å². The molecule has 3 aromatic rings. The van der Waals surface area contributed by atoms with E-state index in [-0.39, 0.29) is 5.91 Å². The number of pyridine rings is 2. The molecule has 7 heteroatoms. The van der Waals surface area contributed by atoms with Gasteiger partial charge in [0.05, 0.1) is 28.8 Å². The van der Waals surface area contributed by atoms with Crippen molar-refractivity contribution in [3.05, 3.63) is 58.1 Å². The highest BCUT2D eigenvalue weighted by Crippen LogP contribution is 2.36. The van der Waals surface area contributed by atoms with Gasteiger partial charge in [0.2, 0.25) is 0 Å². The number of hydrogen-bond donors (Lipinski definition) is 2. The standard InChI is InChI=1S/C20H19N5OS/c1-10-5-6-21-8-15(10)16-7-14-17(9-22-16)25-19(26)18(14)12(3)24-20-23-11(2)13(4)27-20/h5-9H,1-4H3,(H,23,24)(H,25,26). The molecule has 136 valence electrons. The van der Waals surface area contributed by atoms with Gasteiger partial charge in [-0.05, 0) is 45.4 Å². The largest absolute Gasteiger partial charge is 0.335 e. The number of aromatic nitrogens is 3. The molecule has 0 unspecified atom stereocenters. The molecule has 0 saturated carbocycles. The third-order valence-electron chi connectivity index (χ3n) is 4.66. The van der Waals surface area contributed by atoms with Crippen LogP contribution in [0.2, 0.25) is 0 Å². The average Bonchev–Trinajstić information content (AvgIpc) is 3.12. The topological polar surface area (TPSA) is 79.8 Å². The Hall–Kier alpha value is -3.06. The molecule has 0 aromatic carbocycles. The Kier molecular flexibility index (Phi) is 4.24. The quantitative estimate of drug-likeness (QED) is 0.665.